The van der Waals surface area contributed by atoms with Crippen LogP contribution in [0, 0.1) is 13.7 Å². The van der Waals surface area contributed by atoms with Crippen molar-refractivity contribution < 1.29 is 17.5 Å². The lowest BCUT2D eigenvalue weighted by Crippen LogP contribution is -2.41. The zero-order chi connectivity index (χ0) is 21.8. The lowest BCUT2D eigenvalue weighted by molar-refractivity contribution is 0.00578. The molecule has 0 aliphatic carbocycles. The van der Waals surface area contributed by atoms with Crippen molar-refractivity contribution in [2.75, 3.05) is 0 Å². The largest absolute Gasteiger partial charge is 0.494 e. The van der Waals surface area contributed by atoms with Crippen LogP contribution in [0.3, 0.4) is 0 Å². The molecule has 0 saturated carbocycles. The molecule has 3 heteroatoms. The summed E-state index contributed by atoms with van der Waals surface area (Å²) in [6.07, 6.45) is 0. The van der Waals surface area contributed by atoms with Gasteiger partial charge in [0.05, 0.1) is 11.2 Å². The highest BCUT2D eigenvalue weighted by molar-refractivity contribution is 6.62. The molecule has 1 aliphatic rings. The van der Waals surface area contributed by atoms with Crippen LogP contribution in [0.2, 0.25) is 0 Å². The minimum Gasteiger partial charge on any atom is -0.399 e. The predicted octanol–water partition coefficient (Wildman–Crippen LogP) is 4.27. The molecule has 0 unspecified atom stereocenters. The van der Waals surface area contributed by atoms with Crippen molar-refractivity contribution in [3.63, 3.8) is 0 Å². The SMILES string of the molecule is [2H]C([2H])([2H])c1ccccc1-c1ccc(B2OC(C)(C)C(C)(C)O2)cc1C([2H])([2H])[2H]. The molecule has 1 heterocycles. The summed E-state index contributed by atoms with van der Waals surface area (Å²) in [6, 6.07) is 11.4. The summed E-state index contributed by atoms with van der Waals surface area (Å²) in [6.45, 7) is 2.93. The molecule has 3 rings (SSSR count). The smallest absolute Gasteiger partial charge is 0.399 e. The summed E-state index contributed by atoms with van der Waals surface area (Å²) in [7, 11) is -0.701. The van der Waals surface area contributed by atoms with Gasteiger partial charge in [0, 0.05) is 8.22 Å². The Morgan fingerprint density at radius 2 is 1.43 bits per heavy atom. The molecule has 0 amide bonds. The van der Waals surface area contributed by atoms with Gasteiger partial charge in [-0.1, -0.05) is 42.5 Å². The Morgan fingerprint density at radius 1 is 0.826 bits per heavy atom. The van der Waals surface area contributed by atoms with Crippen LogP contribution in [0.25, 0.3) is 11.1 Å². The van der Waals surface area contributed by atoms with E-state index in [-0.39, 0.29) is 11.1 Å². The molecular weight excluding hydrogens is 283 g/mol. The predicted molar refractivity (Wildman–Crippen MR) is 97.1 cm³/mol. The van der Waals surface area contributed by atoms with Gasteiger partial charge < -0.3 is 9.31 Å². The molecule has 0 bridgehead atoms. The van der Waals surface area contributed by atoms with Crippen molar-refractivity contribution in [2.45, 2.75) is 52.6 Å². The molecule has 2 aromatic rings. The molecule has 0 N–H and O–H groups in total. The zero-order valence-electron chi connectivity index (χ0n) is 19.9. The minimum atomic E-state index is -2.43. The first-order chi connectivity index (χ1) is 13.1. The normalized spacial score (nSPS) is 24.1. The van der Waals surface area contributed by atoms with E-state index in [0.717, 1.165) is 0 Å². The van der Waals surface area contributed by atoms with E-state index in [1.54, 1.807) is 36.4 Å². The number of hydrogen-bond donors (Lipinski definition) is 0. The fourth-order valence-electron chi connectivity index (χ4n) is 2.64. The molecule has 0 atom stereocenters. The van der Waals surface area contributed by atoms with Gasteiger partial charge in [-0.3, -0.25) is 0 Å². The van der Waals surface area contributed by atoms with Crippen LogP contribution in [-0.2, 0) is 9.31 Å². The summed E-state index contributed by atoms with van der Waals surface area (Å²) < 4.78 is 59.6. The standard InChI is InChI=1S/C20H25BO2/c1-14-9-7-8-10-17(14)18-12-11-16(13-15(18)2)21-22-19(3,4)20(5,6)23-21/h7-13H,1-6H3/i1D3,2D3. The van der Waals surface area contributed by atoms with E-state index in [2.05, 4.69) is 0 Å². The van der Waals surface area contributed by atoms with Gasteiger partial charge in [-0.15, -0.1) is 0 Å². The highest BCUT2D eigenvalue weighted by Gasteiger charge is 2.51. The molecule has 1 aliphatic heterocycles. The Kier molecular flexibility index (Phi) is 2.47. The number of aryl methyl sites for hydroxylation is 2. The maximum atomic E-state index is 8.02. The lowest BCUT2D eigenvalue weighted by Gasteiger charge is -2.32. The highest BCUT2D eigenvalue weighted by atomic mass is 16.7. The van der Waals surface area contributed by atoms with Crippen LogP contribution in [0.4, 0.5) is 0 Å². The monoisotopic (exact) mass is 314 g/mol. The lowest BCUT2D eigenvalue weighted by atomic mass is 9.77. The fourth-order valence-corrected chi connectivity index (χ4v) is 2.64. The molecule has 0 spiro atoms. The van der Waals surface area contributed by atoms with E-state index in [9.17, 15) is 0 Å². The van der Waals surface area contributed by atoms with Crippen molar-refractivity contribution in [1.29, 1.82) is 0 Å². The van der Waals surface area contributed by atoms with Crippen molar-refractivity contribution in [1.82, 2.24) is 0 Å². The van der Waals surface area contributed by atoms with Gasteiger partial charge >= 0.3 is 7.12 Å². The number of rotatable bonds is 2. The van der Waals surface area contributed by atoms with Crippen LogP contribution >= 0.6 is 0 Å². The molecule has 0 aromatic heterocycles. The summed E-state index contributed by atoms with van der Waals surface area (Å²) in [5.41, 5.74) is 0.436. The van der Waals surface area contributed by atoms with Crippen LogP contribution in [0.5, 0.6) is 0 Å². The molecule has 1 saturated heterocycles. The molecular formula is C20H25BO2. The van der Waals surface area contributed by atoms with Crippen LogP contribution in [0.1, 0.15) is 47.0 Å². The molecule has 120 valence electrons. The molecule has 2 nitrogen and oxygen atoms in total. The van der Waals surface area contributed by atoms with Gasteiger partial charge in [0.15, 0.2) is 0 Å². The Morgan fingerprint density at radius 3 is 2.09 bits per heavy atom. The number of hydrogen-bond acceptors (Lipinski definition) is 2. The van der Waals surface area contributed by atoms with Gasteiger partial charge in [0.2, 0.25) is 0 Å². The van der Waals surface area contributed by atoms with Crippen molar-refractivity contribution in [3.05, 3.63) is 53.6 Å². The van der Waals surface area contributed by atoms with Gasteiger partial charge in [-0.2, -0.15) is 0 Å². The van der Waals surface area contributed by atoms with Gasteiger partial charge in [-0.25, -0.2) is 0 Å². The van der Waals surface area contributed by atoms with Crippen LogP contribution < -0.4 is 5.46 Å². The average Bonchev–Trinajstić information content (AvgIpc) is 2.80. The summed E-state index contributed by atoms with van der Waals surface area (Å²) in [5, 5.41) is 0. The van der Waals surface area contributed by atoms with E-state index in [1.165, 1.54) is 6.07 Å². The quantitative estimate of drug-likeness (QED) is 0.771. The Labute approximate surface area is 148 Å². The van der Waals surface area contributed by atoms with Crippen molar-refractivity contribution in [3.8, 4) is 11.1 Å². The molecule has 0 radical (unpaired) electrons. The Hall–Kier alpha value is -1.58. The van der Waals surface area contributed by atoms with E-state index in [0.29, 0.717) is 16.6 Å². The van der Waals surface area contributed by atoms with E-state index >= 15 is 0 Å². The summed E-state index contributed by atoms with van der Waals surface area (Å²) >= 11 is 0. The number of benzene rings is 2. The maximum absolute atomic E-state index is 8.02. The average molecular weight is 314 g/mol. The third kappa shape index (κ3) is 2.84. The second-order valence-electron chi connectivity index (χ2n) is 6.94. The molecule has 2 aromatic carbocycles. The van der Waals surface area contributed by atoms with Gasteiger partial charge in [0.25, 0.3) is 0 Å². The second kappa shape index (κ2) is 5.50. The van der Waals surface area contributed by atoms with Crippen molar-refractivity contribution >= 4 is 12.6 Å². The topological polar surface area (TPSA) is 18.5 Å². The summed E-state index contributed by atoms with van der Waals surface area (Å²) in [5.74, 6) is 0. The Bertz CT molecular complexity index is 902. The van der Waals surface area contributed by atoms with E-state index in [4.69, 9.17) is 17.5 Å². The van der Waals surface area contributed by atoms with Crippen molar-refractivity contribution in [2.24, 2.45) is 0 Å². The third-order valence-electron chi connectivity index (χ3n) is 4.79. The first-order valence-corrected chi connectivity index (χ1v) is 7.73. The van der Waals surface area contributed by atoms with Gasteiger partial charge in [0.1, 0.15) is 0 Å². The van der Waals surface area contributed by atoms with Crippen LogP contribution in [-0.4, -0.2) is 18.3 Å². The highest BCUT2D eigenvalue weighted by Crippen LogP contribution is 2.36. The van der Waals surface area contributed by atoms with Gasteiger partial charge in [-0.05, 0) is 69.1 Å². The first kappa shape index (κ1) is 10.3. The van der Waals surface area contributed by atoms with E-state index < -0.39 is 32.0 Å². The summed E-state index contributed by atoms with van der Waals surface area (Å²) in [4.78, 5) is 0. The second-order valence-corrected chi connectivity index (χ2v) is 6.94. The van der Waals surface area contributed by atoms with E-state index in [1.807, 2.05) is 27.7 Å². The van der Waals surface area contributed by atoms with Crippen LogP contribution in [0.15, 0.2) is 42.5 Å². The third-order valence-corrected chi connectivity index (χ3v) is 4.79. The molecule has 23 heavy (non-hydrogen) atoms. The molecule has 1 fully saturated rings. The Balaban J connectivity index is 2.14. The maximum Gasteiger partial charge on any atom is 0.494 e. The fraction of sp³-hybridized carbons (Fsp3) is 0.400. The minimum absolute atomic E-state index is 0.0708. The zero-order valence-corrected chi connectivity index (χ0v) is 13.9. The first-order valence-electron chi connectivity index (χ1n) is 10.7.